The molecule has 2 aromatic rings. The number of nitrogens with one attached hydrogen (secondary N) is 1. The lowest BCUT2D eigenvalue weighted by atomic mass is 10.0. The highest BCUT2D eigenvalue weighted by molar-refractivity contribution is 5.97. The summed E-state index contributed by atoms with van der Waals surface area (Å²) in [5.41, 5.74) is 2.47. The van der Waals surface area contributed by atoms with Gasteiger partial charge in [-0.1, -0.05) is 19.9 Å². The summed E-state index contributed by atoms with van der Waals surface area (Å²) in [7, 11) is 0. The zero-order chi connectivity index (χ0) is 17.1. The Morgan fingerprint density at radius 3 is 2.75 bits per heavy atom. The molecule has 1 aromatic heterocycles. The number of anilines is 1. The number of aromatic nitrogens is 1. The van der Waals surface area contributed by atoms with Gasteiger partial charge >= 0.3 is 0 Å². The third-order valence-electron chi connectivity index (χ3n) is 4.53. The second-order valence-corrected chi connectivity index (χ2v) is 6.03. The van der Waals surface area contributed by atoms with Crippen molar-refractivity contribution in [2.45, 2.75) is 39.3 Å². The topological polar surface area (TPSA) is 54.3 Å². The molecule has 0 radical (unpaired) electrons. The van der Waals surface area contributed by atoms with Crippen LogP contribution in [0.4, 0.5) is 5.69 Å². The van der Waals surface area contributed by atoms with E-state index in [0.717, 1.165) is 13.0 Å². The lowest BCUT2D eigenvalue weighted by Crippen LogP contribution is -2.41. The fourth-order valence-corrected chi connectivity index (χ4v) is 3.28. The molecule has 0 saturated carbocycles. The Balaban J connectivity index is 1.84. The van der Waals surface area contributed by atoms with Gasteiger partial charge in [-0.15, -0.1) is 0 Å². The van der Waals surface area contributed by atoms with Crippen molar-refractivity contribution in [3.05, 3.63) is 53.9 Å². The molecule has 1 N–H and O–H groups in total. The fraction of sp³-hybridized carbons (Fsp3) is 0.368. The first-order valence-corrected chi connectivity index (χ1v) is 8.50. The van der Waals surface area contributed by atoms with Crippen molar-refractivity contribution in [3.63, 3.8) is 0 Å². The number of hydrogen-bond acceptors (Lipinski definition) is 2. The van der Waals surface area contributed by atoms with Crippen LogP contribution in [0.2, 0.25) is 0 Å². The van der Waals surface area contributed by atoms with Crippen molar-refractivity contribution in [1.82, 2.24) is 9.47 Å². The fourth-order valence-electron chi connectivity index (χ4n) is 3.28. The SMILES string of the molecule is CCC(=O)Nc1cccc(C(=O)N2CCn3cccc3[C@H]2CC)c1. The van der Waals surface area contributed by atoms with E-state index in [-0.39, 0.29) is 17.9 Å². The quantitative estimate of drug-likeness (QED) is 0.936. The van der Waals surface area contributed by atoms with E-state index in [0.29, 0.717) is 24.2 Å². The molecule has 0 fully saturated rings. The van der Waals surface area contributed by atoms with Gasteiger partial charge in [-0.05, 0) is 36.8 Å². The molecule has 0 unspecified atom stereocenters. The summed E-state index contributed by atoms with van der Waals surface area (Å²) in [6.07, 6.45) is 3.36. The third-order valence-corrected chi connectivity index (χ3v) is 4.53. The normalized spacial score (nSPS) is 16.6. The Kier molecular flexibility index (Phi) is 4.69. The summed E-state index contributed by atoms with van der Waals surface area (Å²) >= 11 is 0. The minimum Gasteiger partial charge on any atom is -0.348 e. The largest absolute Gasteiger partial charge is 0.348 e. The second-order valence-electron chi connectivity index (χ2n) is 6.03. The lowest BCUT2D eigenvalue weighted by Gasteiger charge is -2.36. The maximum atomic E-state index is 13.0. The summed E-state index contributed by atoms with van der Waals surface area (Å²) in [6.45, 7) is 5.42. The highest BCUT2D eigenvalue weighted by atomic mass is 16.2. The van der Waals surface area contributed by atoms with Crippen LogP contribution in [-0.2, 0) is 11.3 Å². The third kappa shape index (κ3) is 3.07. The molecule has 0 bridgehead atoms. The molecule has 2 heterocycles. The number of fused-ring (bicyclic) bond motifs is 1. The Labute approximate surface area is 142 Å². The van der Waals surface area contributed by atoms with E-state index in [1.165, 1.54) is 5.69 Å². The van der Waals surface area contributed by atoms with Gasteiger partial charge < -0.3 is 14.8 Å². The number of amides is 2. The number of carbonyl (C=O) groups is 2. The summed E-state index contributed by atoms with van der Waals surface area (Å²) in [5.74, 6) is -0.0382. The molecule has 1 aliphatic heterocycles. The minimum atomic E-state index is -0.0539. The monoisotopic (exact) mass is 325 g/mol. The van der Waals surface area contributed by atoms with Crippen LogP contribution in [0.5, 0.6) is 0 Å². The molecular weight excluding hydrogens is 302 g/mol. The first-order valence-electron chi connectivity index (χ1n) is 8.50. The van der Waals surface area contributed by atoms with Crippen LogP contribution < -0.4 is 5.32 Å². The molecule has 24 heavy (non-hydrogen) atoms. The lowest BCUT2D eigenvalue weighted by molar-refractivity contribution is -0.115. The summed E-state index contributed by atoms with van der Waals surface area (Å²) < 4.78 is 2.22. The smallest absolute Gasteiger partial charge is 0.254 e. The molecule has 0 saturated heterocycles. The Bertz CT molecular complexity index is 751. The van der Waals surface area contributed by atoms with Crippen LogP contribution in [-0.4, -0.2) is 27.8 Å². The van der Waals surface area contributed by atoms with Gasteiger partial charge in [-0.3, -0.25) is 9.59 Å². The standard InChI is InChI=1S/C19H23N3O2/c1-3-16-17-9-6-10-21(17)11-12-22(16)19(24)14-7-5-8-15(13-14)20-18(23)4-2/h5-10,13,16H,3-4,11-12H2,1-2H3,(H,20,23)/t16-/m1/s1. The van der Waals surface area contributed by atoms with Crippen LogP contribution in [0, 0.1) is 0 Å². The van der Waals surface area contributed by atoms with Crippen LogP contribution >= 0.6 is 0 Å². The van der Waals surface area contributed by atoms with Crippen LogP contribution in [0.25, 0.3) is 0 Å². The molecule has 1 aliphatic rings. The number of rotatable bonds is 4. The van der Waals surface area contributed by atoms with E-state index in [4.69, 9.17) is 0 Å². The zero-order valence-electron chi connectivity index (χ0n) is 14.2. The van der Waals surface area contributed by atoms with Crippen molar-refractivity contribution in [3.8, 4) is 0 Å². The molecule has 3 rings (SSSR count). The first-order chi connectivity index (χ1) is 11.6. The molecule has 0 aliphatic carbocycles. The van der Waals surface area contributed by atoms with Crippen molar-refractivity contribution in [2.24, 2.45) is 0 Å². The maximum absolute atomic E-state index is 13.0. The second kappa shape index (κ2) is 6.91. The van der Waals surface area contributed by atoms with Gasteiger partial charge in [-0.2, -0.15) is 0 Å². The van der Waals surface area contributed by atoms with Gasteiger partial charge in [0, 0.05) is 42.7 Å². The number of nitrogens with zero attached hydrogens (tertiary/aromatic N) is 2. The molecule has 0 spiro atoms. The van der Waals surface area contributed by atoms with E-state index >= 15 is 0 Å². The summed E-state index contributed by atoms with van der Waals surface area (Å²) in [5, 5.41) is 2.81. The molecule has 5 nitrogen and oxygen atoms in total. The molecule has 126 valence electrons. The Morgan fingerprint density at radius 1 is 1.17 bits per heavy atom. The van der Waals surface area contributed by atoms with E-state index in [9.17, 15) is 9.59 Å². The van der Waals surface area contributed by atoms with E-state index in [2.05, 4.69) is 29.1 Å². The van der Waals surface area contributed by atoms with Gasteiger partial charge in [0.05, 0.1) is 6.04 Å². The average molecular weight is 325 g/mol. The Morgan fingerprint density at radius 2 is 2.00 bits per heavy atom. The average Bonchev–Trinajstić information content (AvgIpc) is 3.09. The Hall–Kier alpha value is -2.56. The zero-order valence-corrected chi connectivity index (χ0v) is 14.2. The van der Waals surface area contributed by atoms with Crippen molar-refractivity contribution in [1.29, 1.82) is 0 Å². The van der Waals surface area contributed by atoms with Crippen LogP contribution in [0.15, 0.2) is 42.6 Å². The van der Waals surface area contributed by atoms with Crippen LogP contribution in [0.3, 0.4) is 0 Å². The van der Waals surface area contributed by atoms with Gasteiger partial charge in [0.2, 0.25) is 5.91 Å². The first kappa shape index (κ1) is 16.3. The predicted molar refractivity (Wildman–Crippen MR) is 93.9 cm³/mol. The van der Waals surface area contributed by atoms with E-state index in [1.807, 2.05) is 29.2 Å². The number of benzene rings is 1. The molecule has 2 amide bonds. The number of carbonyl (C=O) groups excluding carboxylic acids is 2. The maximum Gasteiger partial charge on any atom is 0.254 e. The summed E-state index contributed by atoms with van der Waals surface area (Å²) in [6, 6.07) is 11.4. The highest BCUT2D eigenvalue weighted by Crippen LogP contribution is 2.30. The van der Waals surface area contributed by atoms with Gasteiger partial charge in [0.15, 0.2) is 0 Å². The molecule has 5 heteroatoms. The molecule has 1 atom stereocenters. The number of hydrogen-bond donors (Lipinski definition) is 1. The molecular formula is C19H23N3O2. The summed E-state index contributed by atoms with van der Waals surface area (Å²) in [4.78, 5) is 26.5. The van der Waals surface area contributed by atoms with Gasteiger partial charge in [0.1, 0.15) is 0 Å². The van der Waals surface area contributed by atoms with E-state index < -0.39 is 0 Å². The van der Waals surface area contributed by atoms with Gasteiger partial charge in [-0.25, -0.2) is 0 Å². The molecule has 1 aromatic carbocycles. The van der Waals surface area contributed by atoms with Gasteiger partial charge in [0.25, 0.3) is 5.91 Å². The van der Waals surface area contributed by atoms with Crippen LogP contribution in [0.1, 0.15) is 48.8 Å². The van der Waals surface area contributed by atoms with Crippen molar-refractivity contribution in [2.75, 3.05) is 11.9 Å². The minimum absolute atomic E-state index is 0.0156. The van der Waals surface area contributed by atoms with Crippen molar-refractivity contribution < 1.29 is 9.59 Å². The highest BCUT2D eigenvalue weighted by Gasteiger charge is 2.30. The predicted octanol–water partition coefficient (Wildman–Crippen LogP) is 3.44. The van der Waals surface area contributed by atoms with E-state index in [1.54, 1.807) is 13.0 Å². The van der Waals surface area contributed by atoms with Crippen molar-refractivity contribution >= 4 is 17.5 Å².